The predicted molar refractivity (Wildman–Crippen MR) is 125 cm³/mol. The number of benzene rings is 2. The van der Waals surface area contributed by atoms with Crippen LogP contribution in [0.1, 0.15) is 24.0 Å². The summed E-state index contributed by atoms with van der Waals surface area (Å²) in [6, 6.07) is 11.5. The number of likely N-dealkylation sites (tertiary alicyclic amines) is 1. The van der Waals surface area contributed by atoms with Gasteiger partial charge in [-0.15, -0.1) is 0 Å². The van der Waals surface area contributed by atoms with Crippen molar-refractivity contribution in [1.29, 1.82) is 0 Å². The van der Waals surface area contributed by atoms with Crippen molar-refractivity contribution in [2.24, 2.45) is 5.10 Å². The summed E-state index contributed by atoms with van der Waals surface area (Å²) in [5, 5.41) is 5.25. The van der Waals surface area contributed by atoms with E-state index in [0.717, 1.165) is 47.4 Å². The van der Waals surface area contributed by atoms with Gasteiger partial charge >= 0.3 is 0 Å². The number of rotatable bonds is 6. The van der Waals surface area contributed by atoms with Crippen LogP contribution in [-0.4, -0.2) is 53.1 Å². The third-order valence-corrected chi connectivity index (χ3v) is 5.92. The number of methoxy groups -OCH3 is 2. The molecule has 0 radical (unpaired) electrons. The van der Waals surface area contributed by atoms with E-state index < -0.39 is 0 Å². The van der Waals surface area contributed by atoms with E-state index >= 15 is 0 Å². The maximum atomic E-state index is 13.0. The van der Waals surface area contributed by atoms with Crippen LogP contribution in [-0.2, 0) is 6.54 Å². The lowest BCUT2D eigenvalue weighted by Gasteiger charge is -2.17. The Morgan fingerprint density at radius 2 is 1.97 bits per heavy atom. The monoisotopic (exact) mass is 431 g/mol. The number of aromatic amines is 1. The van der Waals surface area contributed by atoms with Crippen molar-refractivity contribution >= 4 is 28.2 Å². The van der Waals surface area contributed by atoms with Crippen molar-refractivity contribution in [2.75, 3.05) is 27.3 Å². The molecule has 0 spiro atoms. The van der Waals surface area contributed by atoms with Crippen LogP contribution in [0.4, 0.5) is 0 Å². The molecule has 1 saturated heterocycles. The number of nitrogens with one attached hydrogen (secondary N) is 1. The van der Waals surface area contributed by atoms with Crippen molar-refractivity contribution in [2.45, 2.75) is 19.4 Å². The molecule has 2 aromatic heterocycles. The van der Waals surface area contributed by atoms with Gasteiger partial charge in [0.15, 0.2) is 0 Å². The Morgan fingerprint density at radius 1 is 1.12 bits per heavy atom. The maximum Gasteiger partial charge on any atom is 0.298 e. The van der Waals surface area contributed by atoms with Crippen molar-refractivity contribution in [3.8, 4) is 11.5 Å². The van der Waals surface area contributed by atoms with Crippen LogP contribution in [0.2, 0.25) is 0 Å². The minimum atomic E-state index is -0.257. The van der Waals surface area contributed by atoms with Gasteiger partial charge in [-0.25, -0.2) is 4.98 Å². The third-order valence-electron chi connectivity index (χ3n) is 5.92. The van der Waals surface area contributed by atoms with Crippen LogP contribution in [0.25, 0.3) is 21.9 Å². The summed E-state index contributed by atoms with van der Waals surface area (Å²) < 4.78 is 12.1. The van der Waals surface area contributed by atoms with Gasteiger partial charge in [0.25, 0.3) is 5.56 Å². The second kappa shape index (κ2) is 8.47. The summed E-state index contributed by atoms with van der Waals surface area (Å²) in [7, 11) is 3.30. The summed E-state index contributed by atoms with van der Waals surface area (Å²) in [5.41, 5.74) is 3.59. The molecule has 8 nitrogen and oxygen atoms in total. The highest BCUT2D eigenvalue weighted by Crippen LogP contribution is 2.25. The minimum Gasteiger partial charge on any atom is -0.497 e. The first kappa shape index (κ1) is 20.3. The van der Waals surface area contributed by atoms with Gasteiger partial charge in [-0.05, 0) is 61.8 Å². The Kier molecular flexibility index (Phi) is 5.36. The molecule has 1 aliphatic rings. The number of hydrogen-bond donors (Lipinski definition) is 1. The zero-order valence-electron chi connectivity index (χ0n) is 18.2. The van der Waals surface area contributed by atoms with Gasteiger partial charge in [0, 0.05) is 23.6 Å². The van der Waals surface area contributed by atoms with Crippen molar-refractivity contribution in [1.82, 2.24) is 19.5 Å². The largest absolute Gasteiger partial charge is 0.497 e. The Bertz CT molecular complexity index is 1370. The molecule has 8 heteroatoms. The van der Waals surface area contributed by atoms with E-state index in [1.54, 1.807) is 20.4 Å². The molecule has 4 aromatic rings. The van der Waals surface area contributed by atoms with Crippen molar-refractivity contribution in [3.63, 3.8) is 0 Å². The van der Waals surface area contributed by atoms with Crippen molar-refractivity contribution in [3.05, 3.63) is 64.2 Å². The van der Waals surface area contributed by atoms with E-state index in [4.69, 9.17) is 9.47 Å². The highest BCUT2D eigenvalue weighted by molar-refractivity contribution is 6.04. The van der Waals surface area contributed by atoms with E-state index in [0.29, 0.717) is 16.8 Å². The molecule has 1 aliphatic heterocycles. The number of ether oxygens (including phenoxy) is 2. The number of aromatic nitrogens is 3. The van der Waals surface area contributed by atoms with Crippen LogP contribution in [0, 0.1) is 0 Å². The van der Waals surface area contributed by atoms with Gasteiger partial charge in [0.05, 0.1) is 26.0 Å². The lowest BCUT2D eigenvalue weighted by Crippen LogP contribution is -2.19. The Balaban J connectivity index is 1.47. The van der Waals surface area contributed by atoms with Crippen LogP contribution in [0.3, 0.4) is 0 Å². The number of H-pyrrole nitrogens is 1. The Hall–Kier alpha value is -3.65. The molecule has 0 atom stereocenters. The van der Waals surface area contributed by atoms with E-state index in [1.807, 2.05) is 30.3 Å². The van der Waals surface area contributed by atoms with E-state index in [2.05, 4.69) is 26.0 Å². The fraction of sp³-hybridized carbons (Fsp3) is 0.292. The zero-order chi connectivity index (χ0) is 22.1. The summed E-state index contributed by atoms with van der Waals surface area (Å²) in [5.74, 6) is 1.58. The third kappa shape index (κ3) is 3.73. The molecule has 2 aromatic carbocycles. The van der Waals surface area contributed by atoms with Gasteiger partial charge in [0.1, 0.15) is 28.9 Å². The first-order chi connectivity index (χ1) is 15.7. The standard InChI is InChI=1S/C24H25N5O3/c1-31-18-6-7-19-20(12-18)27-23-22(19)25-15-29(24(23)30)26-13-16-5-8-21(32-2)17(11-16)14-28-9-3-4-10-28/h5-8,11-13,15,27H,3-4,9-10,14H2,1-2H3. The highest BCUT2D eigenvalue weighted by atomic mass is 16.5. The van der Waals surface area contributed by atoms with E-state index in [1.165, 1.54) is 23.8 Å². The minimum absolute atomic E-state index is 0.257. The average Bonchev–Trinajstić information content (AvgIpc) is 3.46. The molecule has 0 aliphatic carbocycles. The molecule has 0 unspecified atom stereocenters. The first-order valence-corrected chi connectivity index (χ1v) is 10.7. The predicted octanol–water partition coefficient (Wildman–Crippen LogP) is 3.37. The van der Waals surface area contributed by atoms with Gasteiger partial charge in [0.2, 0.25) is 0 Å². The molecular weight excluding hydrogens is 406 g/mol. The van der Waals surface area contributed by atoms with E-state index in [-0.39, 0.29) is 5.56 Å². The lowest BCUT2D eigenvalue weighted by molar-refractivity contribution is 0.321. The molecule has 0 bridgehead atoms. The average molecular weight is 431 g/mol. The second-order valence-corrected chi connectivity index (χ2v) is 7.95. The number of fused-ring (bicyclic) bond motifs is 3. The fourth-order valence-electron chi connectivity index (χ4n) is 4.25. The second-order valence-electron chi connectivity index (χ2n) is 7.95. The molecule has 0 amide bonds. The smallest absolute Gasteiger partial charge is 0.298 e. The zero-order valence-corrected chi connectivity index (χ0v) is 18.2. The van der Waals surface area contributed by atoms with Gasteiger partial charge in [-0.1, -0.05) is 0 Å². The summed E-state index contributed by atoms with van der Waals surface area (Å²) >= 11 is 0. The van der Waals surface area contributed by atoms with Crippen LogP contribution < -0.4 is 15.0 Å². The van der Waals surface area contributed by atoms with Gasteiger partial charge in [-0.2, -0.15) is 9.78 Å². The fourth-order valence-corrected chi connectivity index (χ4v) is 4.25. The number of nitrogens with zero attached hydrogens (tertiary/aromatic N) is 4. The molecule has 0 saturated carbocycles. The molecule has 1 fully saturated rings. The van der Waals surface area contributed by atoms with Gasteiger partial charge in [-0.3, -0.25) is 9.69 Å². The van der Waals surface area contributed by atoms with Gasteiger partial charge < -0.3 is 14.5 Å². The molecule has 3 heterocycles. The normalized spacial score (nSPS) is 14.7. The van der Waals surface area contributed by atoms with Crippen LogP contribution in [0.15, 0.2) is 52.6 Å². The summed E-state index contributed by atoms with van der Waals surface area (Å²) in [6.45, 7) is 3.06. The van der Waals surface area contributed by atoms with E-state index in [9.17, 15) is 4.79 Å². The van der Waals surface area contributed by atoms with Crippen molar-refractivity contribution < 1.29 is 9.47 Å². The quantitative estimate of drug-likeness (QED) is 0.473. The van der Waals surface area contributed by atoms with Crippen LogP contribution >= 0.6 is 0 Å². The topological polar surface area (TPSA) is 84.7 Å². The maximum absolute atomic E-state index is 13.0. The number of hydrogen-bond acceptors (Lipinski definition) is 6. The van der Waals surface area contributed by atoms with Crippen LogP contribution in [0.5, 0.6) is 11.5 Å². The summed E-state index contributed by atoms with van der Waals surface area (Å²) in [6.07, 6.45) is 5.60. The molecular formula is C24H25N5O3. The lowest BCUT2D eigenvalue weighted by atomic mass is 10.1. The SMILES string of the molecule is COc1ccc2c(c1)[nH]c1c(=O)n(N=Cc3ccc(OC)c(CN4CCCC4)c3)cnc12. The molecule has 164 valence electrons. The Labute approximate surface area is 185 Å². The molecule has 5 rings (SSSR count). The Morgan fingerprint density at radius 3 is 2.75 bits per heavy atom. The molecule has 32 heavy (non-hydrogen) atoms. The summed E-state index contributed by atoms with van der Waals surface area (Å²) in [4.78, 5) is 23.0. The first-order valence-electron chi connectivity index (χ1n) is 10.7. The molecule has 1 N–H and O–H groups in total. The highest BCUT2D eigenvalue weighted by Gasteiger charge is 2.15.